The van der Waals surface area contributed by atoms with Gasteiger partial charge in [-0.2, -0.15) is 0 Å². The van der Waals surface area contributed by atoms with Gasteiger partial charge in [-0.25, -0.2) is 0 Å². The Bertz CT molecular complexity index is 357. The quantitative estimate of drug-likeness (QED) is 0.477. The van der Waals surface area contributed by atoms with E-state index in [1.54, 1.807) is 12.1 Å². The second-order valence-corrected chi connectivity index (χ2v) is 4.95. The van der Waals surface area contributed by atoms with Crippen LogP contribution in [-0.2, 0) is 0 Å². The first kappa shape index (κ1) is 12.8. The van der Waals surface area contributed by atoms with E-state index < -0.39 is 0 Å². The number of nitrogens with one attached hydrogen (secondary N) is 1. The molecule has 0 bridgehead atoms. The Morgan fingerprint density at radius 2 is 2.27 bits per heavy atom. The standard InChI is InChI=1S/C10H11BrINO2/c11-7-2-3-8(9(14)6-7)10(15)13-5-1-4-12/h2-3,6,14H,1,4-5H2,(H,13,15). The third-order valence-electron chi connectivity index (χ3n) is 1.80. The monoisotopic (exact) mass is 383 g/mol. The Labute approximate surface area is 111 Å². The van der Waals surface area contributed by atoms with E-state index >= 15 is 0 Å². The number of halogens is 2. The molecule has 0 aromatic heterocycles. The summed E-state index contributed by atoms with van der Waals surface area (Å²) in [5, 5.41) is 12.3. The van der Waals surface area contributed by atoms with E-state index in [0.29, 0.717) is 12.1 Å². The van der Waals surface area contributed by atoms with E-state index in [4.69, 9.17) is 0 Å². The van der Waals surface area contributed by atoms with E-state index in [1.165, 1.54) is 6.07 Å². The molecular weight excluding hydrogens is 373 g/mol. The lowest BCUT2D eigenvalue weighted by atomic mass is 10.2. The molecule has 0 atom stereocenters. The van der Waals surface area contributed by atoms with Gasteiger partial charge >= 0.3 is 0 Å². The largest absolute Gasteiger partial charge is 0.507 e. The second-order valence-electron chi connectivity index (χ2n) is 2.96. The highest BCUT2D eigenvalue weighted by atomic mass is 127. The lowest BCUT2D eigenvalue weighted by Gasteiger charge is -2.06. The van der Waals surface area contributed by atoms with Gasteiger partial charge in [0.05, 0.1) is 5.56 Å². The molecule has 0 heterocycles. The van der Waals surface area contributed by atoms with Crippen LogP contribution >= 0.6 is 38.5 Å². The molecule has 5 heteroatoms. The maximum Gasteiger partial charge on any atom is 0.255 e. The minimum absolute atomic E-state index is 0.00338. The molecule has 0 unspecified atom stereocenters. The zero-order valence-corrected chi connectivity index (χ0v) is 11.7. The predicted octanol–water partition coefficient (Wildman–Crippen LogP) is 2.71. The van der Waals surface area contributed by atoms with Crippen molar-refractivity contribution in [3.8, 4) is 5.75 Å². The fourth-order valence-corrected chi connectivity index (χ4v) is 1.79. The third-order valence-corrected chi connectivity index (χ3v) is 3.06. The van der Waals surface area contributed by atoms with Crippen molar-refractivity contribution in [1.29, 1.82) is 0 Å². The average molecular weight is 384 g/mol. The first-order chi connectivity index (χ1) is 7.15. The first-order valence-electron chi connectivity index (χ1n) is 4.48. The van der Waals surface area contributed by atoms with Gasteiger partial charge in [0, 0.05) is 15.4 Å². The molecule has 0 radical (unpaired) electrons. The van der Waals surface area contributed by atoms with Gasteiger partial charge in [-0.1, -0.05) is 38.5 Å². The van der Waals surface area contributed by atoms with Crippen molar-refractivity contribution in [1.82, 2.24) is 5.32 Å². The molecule has 1 aromatic carbocycles. The minimum Gasteiger partial charge on any atom is -0.507 e. The van der Waals surface area contributed by atoms with Crippen LogP contribution in [0.5, 0.6) is 5.75 Å². The van der Waals surface area contributed by atoms with Crippen molar-refractivity contribution >= 4 is 44.4 Å². The van der Waals surface area contributed by atoms with Gasteiger partial charge in [0.2, 0.25) is 0 Å². The third kappa shape index (κ3) is 3.98. The maximum absolute atomic E-state index is 11.6. The summed E-state index contributed by atoms with van der Waals surface area (Å²) in [6.07, 6.45) is 0.934. The molecule has 0 aliphatic rings. The van der Waals surface area contributed by atoms with Gasteiger partial charge < -0.3 is 10.4 Å². The van der Waals surface area contributed by atoms with E-state index in [2.05, 4.69) is 43.8 Å². The molecule has 1 rings (SSSR count). The number of carbonyl (C=O) groups excluding carboxylic acids is 1. The number of alkyl halides is 1. The highest BCUT2D eigenvalue weighted by molar-refractivity contribution is 14.1. The number of rotatable bonds is 4. The highest BCUT2D eigenvalue weighted by Gasteiger charge is 2.09. The number of hydrogen-bond acceptors (Lipinski definition) is 2. The number of benzene rings is 1. The molecule has 1 aromatic rings. The Morgan fingerprint density at radius 1 is 1.53 bits per heavy atom. The molecular formula is C10H11BrINO2. The number of phenols is 1. The summed E-state index contributed by atoms with van der Waals surface area (Å²) >= 11 is 5.47. The lowest BCUT2D eigenvalue weighted by molar-refractivity contribution is 0.0951. The van der Waals surface area contributed by atoms with Crippen molar-refractivity contribution in [2.45, 2.75) is 6.42 Å². The summed E-state index contributed by atoms with van der Waals surface area (Å²) in [5.41, 5.74) is 0.312. The van der Waals surface area contributed by atoms with E-state index in [0.717, 1.165) is 15.3 Å². The van der Waals surface area contributed by atoms with Gasteiger partial charge in [0.25, 0.3) is 5.91 Å². The van der Waals surface area contributed by atoms with Crippen molar-refractivity contribution < 1.29 is 9.90 Å². The van der Waals surface area contributed by atoms with Crippen LogP contribution in [0.25, 0.3) is 0 Å². The van der Waals surface area contributed by atoms with Gasteiger partial charge in [-0.15, -0.1) is 0 Å². The van der Waals surface area contributed by atoms with Crippen LogP contribution in [0, 0.1) is 0 Å². The Morgan fingerprint density at radius 3 is 2.87 bits per heavy atom. The van der Waals surface area contributed by atoms with Crippen molar-refractivity contribution in [3.63, 3.8) is 0 Å². The number of aromatic hydroxyl groups is 1. The predicted molar refractivity (Wildman–Crippen MR) is 71.6 cm³/mol. The summed E-state index contributed by atoms with van der Waals surface area (Å²) in [7, 11) is 0. The molecule has 1 amide bonds. The first-order valence-corrected chi connectivity index (χ1v) is 6.79. The van der Waals surface area contributed by atoms with Crippen molar-refractivity contribution in [2.24, 2.45) is 0 Å². The van der Waals surface area contributed by atoms with Crippen molar-refractivity contribution in [3.05, 3.63) is 28.2 Å². The van der Waals surface area contributed by atoms with E-state index in [1.807, 2.05) is 0 Å². The Kier molecular flexibility index (Phi) is 5.38. The van der Waals surface area contributed by atoms with Crippen LogP contribution in [0.15, 0.2) is 22.7 Å². The fourth-order valence-electron chi connectivity index (χ4n) is 1.06. The highest BCUT2D eigenvalue weighted by Crippen LogP contribution is 2.21. The number of hydrogen-bond donors (Lipinski definition) is 2. The molecule has 82 valence electrons. The van der Waals surface area contributed by atoms with Gasteiger partial charge in [0.15, 0.2) is 0 Å². The topological polar surface area (TPSA) is 49.3 Å². The molecule has 0 aliphatic heterocycles. The van der Waals surface area contributed by atoms with E-state index in [-0.39, 0.29) is 11.7 Å². The molecule has 2 N–H and O–H groups in total. The SMILES string of the molecule is O=C(NCCCI)c1ccc(Br)cc1O. The molecule has 0 aliphatic carbocycles. The fraction of sp³-hybridized carbons (Fsp3) is 0.300. The minimum atomic E-state index is -0.232. The molecule has 0 saturated carbocycles. The van der Waals surface area contributed by atoms with Crippen LogP contribution in [0.3, 0.4) is 0 Å². The zero-order valence-electron chi connectivity index (χ0n) is 7.96. The van der Waals surface area contributed by atoms with Gasteiger partial charge in [-0.3, -0.25) is 4.79 Å². The summed E-state index contributed by atoms with van der Waals surface area (Å²) in [4.78, 5) is 11.6. The van der Waals surface area contributed by atoms with Crippen LogP contribution in [0.2, 0.25) is 0 Å². The van der Waals surface area contributed by atoms with Gasteiger partial charge in [0.1, 0.15) is 5.75 Å². The summed E-state index contributed by atoms with van der Waals surface area (Å²) in [6, 6.07) is 4.83. The van der Waals surface area contributed by atoms with Crippen LogP contribution in [-0.4, -0.2) is 22.0 Å². The molecule has 0 fully saturated rings. The lowest BCUT2D eigenvalue weighted by Crippen LogP contribution is -2.24. The number of phenolic OH excluding ortho intramolecular Hbond substituents is 1. The summed E-state index contributed by atoms with van der Waals surface area (Å²) in [6.45, 7) is 0.636. The molecule has 0 saturated heterocycles. The average Bonchev–Trinajstić information content (AvgIpc) is 2.17. The van der Waals surface area contributed by atoms with Crippen LogP contribution in [0.4, 0.5) is 0 Å². The normalized spacial score (nSPS) is 10.0. The number of amides is 1. The molecule has 15 heavy (non-hydrogen) atoms. The summed E-state index contributed by atoms with van der Waals surface area (Å²) in [5.74, 6) is -0.235. The molecule has 3 nitrogen and oxygen atoms in total. The summed E-state index contributed by atoms with van der Waals surface area (Å²) < 4.78 is 1.76. The van der Waals surface area contributed by atoms with Crippen molar-refractivity contribution in [2.75, 3.05) is 11.0 Å². The molecule has 0 spiro atoms. The van der Waals surface area contributed by atoms with E-state index in [9.17, 15) is 9.90 Å². The zero-order chi connectivity index (χ0) is 11.3. The Balaban J connectivity index is 2.65. The number of carbonyl (C=O) groups is 1. The van der Waals surface area contributed by atoms with Gasteiger partial charge in [-0.05, 0) is 24.6 Å². The van der Waals surface area contributed by atoms with Crippen LogP contribution < -0.4 is 5.32 Å². The van der Waals surface area contributed by atoms with Crippen LogP contribution in [0.1, 0.15) is 16.8 Å². The smallest absolute Gasteiger partial charge is 0.255 e. The Hall–Kier alpha value is -0.300. The second kappa shape index (κ2) is 6.32. The maximum atomic E-state index is 11.6.